The zero-order chi connectivity index (χ0) is 17.7. The molecule has 0 aliphatic heterocycles. The molecule has 0 aliphatic rings. The average Bonchev–Trinajstić information content (AvgIpc) is 2.52. The van der Waals surface area contributed by atoms with Crippen LogP contribution in [0.4, 0.5) is 0 Å². The molecule has 0 aliphatic carbocycles. The highest BCUT2D eigenvalue weighted by Gasteiger charge is 2.26. The Morgan fingerprint density at radius 1 is 0.957 bits per heavy atom. The van der Waals surface area contributed by atoms with Gasteiger partial charge in [-0.05, 0) is 13.8 Å². The first kappa shape index (κ1) is 20.3. The summed E-state index contributed by atoms with van der Waals surface area (Å²) in [5.41, 5.74) is -1.09. The Hall–Kier alpha value is -0.720. The van der Waals surface area contributed by atoms with Gasteiger partial charge in [-0.3, -0.25) is 0 Å². The maximum atomic E-state index is 12.2. The lowest BCUT2D eigenvalue weighted by Gasteiger charge is -2.18. The minimum Gasteiger partial charge on any atom is -0.545 e. The number of carboxylic acids is 1. The monoisotopic (exact) mass is 401 g/mol. The molecule has 1 N–H and O–H groups in total. The predicted molar refractivity (Wildman–Crippen MR) is 88.0 cm³/mol. The van der Waals surface area contributed by atoms with Gasteiger partial charge in [-0.25, -0.2) is 4.79 Å². The Labute approximate surface area is 154 Å². The van der Waals surface area contributed by atoms with Crippen molar-refractivity contribution in [2.24, 2.45) is 0 Å². The van der Waals surface area contributed by atoms with E-state index >= 15 is 0 Å². The minimum absolute atomic E-state index is 0.0938. The second-order valence-electron chi connectivity index (χ2n) is 4.64. The zero-order valence-electron chi connectivity index (χ0n) is 12.5. The van der Waals surface area contributed by atoms with Crippen LogP contribution in [0.15, 0.2) is 0 Å². The Morgan fingerprint density at radius 3 is 1.87 bits per heavy atom. The maximum Gasteiger partial charge on any atom is 0.340 e. The number of carbonyl (C=O) groups is 2. The third-order valence-corrected chi connectivity index (χ3v) is 5.17. The van der Waals surface area contributed by atoms with Crippen molar-refractivity contribution in [1.82, 2.24) is 0 Å². The van der Waals surface area contributed by atoms with Crippen LogP contribution in [-0.2, 0) is 4.74 Å². The summed E-state index contributed by atoms with van der Waals surface area (Å²) in [5.74, 6) is -2.64. The van der Waals surface area contributed by atoms with Crippen LogP contribution in [0.3, 0.4) is 0 Å². The summed E-state index contributed by atoms with van der Waals surface area (Å²) in [7, 11) is 0. The van der Waals surface area contributed by atoms with Crippen LogP contribution in [0.5, 0.6) is 0 Å². The Kier molecular flexibility index (Phi) is 7.90. The van der Waals surface area contributed by atoms with E-state index in [0.29, 0.717) is 6.54 Å². The number of nitrogens with one attached hydrogen (secondary N) is 1. The van der Waals surface area contributed by atoms with Crippen molar-refractivity contribution >= 4 is 58.3 Å². The fraction of sp³-hybridized carbons (Fsp3) is 0.429. The van der Waals surface area contributed by atoms with E-state index in [1.54, 1.807) is 0 Å². The number of halogens is 4. The average molecular weight is 403 g/mol. The summed E-state index contributed by atoms with van der Waals surface area (Å²) in [6.07, 6.45) is 0. The van der Waals surface area contributed by atoms with E-state index in [1.807, 2.05) is 13.8 Å². The quantitative estimate of drug-likeness (QED) is 0.428. The molecular weight excluding hydrogens is 388 g/mol. The van der Waals surface area contributed by atoms with Crippen LogP contribution in [0.25, 0.3) is 0 Å². The van der Waals surface area contributed by atoms with Crippen molar-refractivity contribution in [2.45, 2.75) is 13.8 Å². The number of carboxylic acid groups (broad SMARTS) is 1. The second-order valence-corrected chi connectivity index (χ2v) is 6.15. The molecule has 0 saturated carbocycles. The van der Waals surface area contributed by atoms with Gasteiger partial charge in [0.2, 0.25) is 0 Å². The van der Waals surface area contributed by atoms with E-state index < -0.39 is 28.1 Å². The van der Waals surface area contributed by atoms with Crippen molar-refractivity contribution in [1.29, 1.82) is 0 Å². The summed E-state index contributed by atoms with van der Waals surface area (Å²) < 4.78 is 5.09. The van der Waals surface area contributed by atoms with Crippen molar-refractivity contribution in [3.8, 4) is 0 Å². The molecule has 23 heavy (non-hydrogen) atoms. The molecule has 128 valence electrons. The number of rotatable bonds is 7. The SMILES string of the molecule is CC[NH+](CC)CCOC(=O)c1c(Cl)c(Cl)c(Cl)c(Cl)c1C(=O)[O-]. The van der Waals surface area contributed by atoms with E-state index in [-0.39, 0.29) is 21.7 Å². The molecule has 0 amide bonds. The number of benzene rings is 1. The number of hydrogen-bond acceptors (Lipinski definition) is 4. The lowest BCUT2D eigenvalue weighted by atomic mass is 10.1. The molecule has 5 nitrogen and oxygen atoms in total. The highest BCUT2D eigenvalue weighted by Crippen LogP contribution is 2.41. The molecule has 0 heterocycles. The van der Waals surface area contributed by atoms with Crippen molar-refractivity contribution in [3.05, 3.63) is 31.2 Å². The Balaban J connectivity index is 3.11. The molecule has 0 bridgehead atoms. The predicted octanol–water partition coefficient (Wildman–Crippen LogP) is 1.75. The van der Waals surface area contributed by atoms with Gasteiger partial charge >= 0.3 is 5.97 Å². The molecule has 1 rings (SSSR count). The number of hydrogen-bond donors (Lipinski definition) is 1. The lowest BCUT2D eigenvalue weighted by molar-refractivity contribution is -0.896. The second kappa shape index (κ2) is 8.94. The zero-order valence-corrected chi connectivity index (χ0v) is 15.5. The highest BCUT2D eigenvalue weighted by molar-refractivity contribution is 6.53. The van der Waals surface area contributed by atoms with E-state index in [0.717, 1.165) is 13.1 Å². The van der Waals surface area contributed by atoms with Gasteiger partial charge in [-0.1, -0.05) is 46.4 Å². The molecule has 0 fully saturated rings. The van der Waals surface area contributed by atoms with E-state index in [4.69, 9.17) is 51.1 Å². The number of aromatic carboxylic acids is 1. The van der Waals surface area contributed by atoms with Gasteiger partial charge < -0.3 is 19.5 Å². The molecule has 1 aromatic rings. The standard InChI is InChI=1S/C14H15Cl4NO4/c1-3-19(4-2)5-6-23-14(22)8-7(13(20)21)9(15)11(17)12(18)10(8)16/h3-6H2,1-2H3,(H,20,21). The molecular formula is C14H15Cl4NO4. The highest BCUT2D eigenvalue weighted by atomic mass is 35.5. The van der Waals surface area contributed by atoms with Gasteiger partial charge in [0.1, 0.15) is 13.2 Å². The maximum absolute atomic E-state index is 12.2. The molecule has 0 atom stereocenters. The smallest absolute Gasteiger partial charge is 0.340 e. The number of esters is 1. The van der Waals surface area contributed by atoms with Gasteiger partial charge in [0, 0.05) is 5.56 Å². The van der Waals surface area contributed by atoms with Crippen LogP contribution in [0.1, 0.15) is 34.6 Å². The van der Waals surface area contributed by atoms with Crippen LogP contribution < -0.4 is 10.0 Å². The number of likely N-dealkylation sites (N-methyl/N-ethyl adjacent to an activating group) is 1. The van der Waals surface area contributed by atoms with Gasteiger partial charge in [0.15, 0.2) is 0 Å². The molecule has 0 spiro atoms. The lowest BCUT2D eigenvalue weighted by Crippen LogP contribution is -3.11. The third-order valence-electron chi connectivity index (χ3n) is 3.36. The molecule has 0 saturated heterocycles. The van der Waals surface area contributed by atoms with Gasteiger partial charge in [0.05, 0.1) is 44.7 Å². The van der Waals surface area contributed by atoms with Gasteiger partial charge in [-0.15, -0.1) is 0 Å². The first-order chi connectivity index (χ1) is 10.8. The number of quaternary nitrogens is 1. The molecule has 0 unspecified atom stereocenters. The molecule has 0 radical (unpaired) electrons. The summed E-state index contributed by atoms with van der Waals surface area (Å²) in [4.78, 5) is 24.7. The number of carbonyl (C=O) groups excluding carboxylic acids is 2. The van der Waals surface area contributed by atoms with Crippen molar-refractivity contribution in [3.63, 3.8) is 0 Å². The van der Waals surface area contributed by atoms with Gasteiger partial charge in [-0.2, -0.15) is 0 Å². The Morgan fingerprint density at radius 2 is 1.43 bits per heavy atom. The largest absolute Gasteiger partial charge is 0.545 e. The van der Waals surface area contributed by atoms with Crippen LogP contribution in [-0.4, -0.2) is 38.2 Å². The van der Waals surface area contributed by atoms with Crippen molar-refractivity contribution < 1.29 is 24.3 Å². The van der Waals surface area contributed by atoms with Crippen molar-refractivity contribution in [2.75, 3.05) is 26.2 Å². The normalized spacial score (nSPS) is 10.9. The fourth-order valence-corrected chi connectivity index (χ4v) is 2.99. The van der Waals surface area contributed by atoms with Crippen LogP contribution in [0.2, 0.25) is 20.1 Å². The van der Waals surface area contributed by atoms with Crippen LogP contribution >= 0.6 is 46.4 Å². The van der Waals surface area contributed by atoms with E-state index in [2.05, 4.69) is 0 Å². The summed E-state index contributed by atoms with van der Waals surface area (Å²) in [6, 6.07) is 0. The topological polar surface area (TPSA) is 70.9 Å². The fourth-order valence-electron chi connectivity index (χ4n) is 1.98. The Bertz CT molecular complexity index is 618. The summed E-state index contributed by atoms with van der Waals surface area (Å²) in [5, 5.41) is 10.0. The van der Waals surface area contributed by atoms with Gasteiger partial charge in [0.25, 0.3) is 0 Å². The van der Waals surface area contributed by atoms with E-state index in [1.165, 1.54) is 4.90 Å². The molecule has 0 aromatic heterocycles. The minimum atomic E-state index is -1.70. The number of ether oxygens (including phenoxy) is 1. The third kappa shape index (κ3) is 4.64. The van der Waals surface area contributed by atoms with Crippen LogP contribution in [0, 0.1) is 0 Å². The van der Waals surface area contributed by atoms with E-state index in [9.17, 15) is 14.7 Å². The molecule has 9 heteroatoms. The first-order valence-corrected chi connectivity index (χ1v) is 8.35. The first-order valence-electron chi connectivity index (χ1n) is 6.84. The summed E-state index contributed by atoms with van der Waals surface area (Å²) >= 11 is 23.4. The summed E-state index contributed by atoms with van der Waals surface area (Å²) in [6.45, 7) is 6.42. The molecule has 1 aromatic carbocycles.